The number of alkyl halides is 1. The first-order chi connectivity index (χ1) is 12.2. The van der Waals surface area contributed by atoms with Crippen LogP contribution in [0.3, 0.4) is 0 Å². The van der Waals surface area contributed by atoms with Crippen molar-refractivity contribution in [2.24, 2.45) is 0 Å². The number of benzene rings is 1. The van der Waals surface area contributed by atoms with Crippen LogP contribution in [-0.2, 0) is 6.42 Å². The number of hydrogen-bond donors (Lipinski definition) is 1. The number of nitrogens with zero attached hydrogens (tertiary/aromatic N) is 3. The van der Waals surface area contributed by atoms with Gasteiger partial charge in [0.1, 0.15) is 11.6 Å². The molecule has 1 atom stereocenters. The fourth-order valence-electron chi connectivity index (χ4n) is 2.48. The van der Waals surface area contributed by atoms with E-state index in [1.165, 1.54) is 12.1 Å². The van der Waals surface area contributed by atoms with Crippen LogP contribution in [0.25, 0.3) is 11.3 Å². The molecule has 4 nitrogen and oxygen atoms in total. The lowest BCUT2D eigenvalue weighted by molar-refractivity contribution is 0.495. The molecule has 2 heterocycles. The summed E-state index contributed by atoms with van der Waals surface area (Å²) in [6.45, 7) is 1.55. The van der Waals surface area contributed by atoms with Crippen molar-refractivity contribution >= 4 is 5.82 Å². The van der Waals surface area contributed by atoms with Crippen LogP contribution in [0.4, 0.5) is 14.6 Å². The molecular weight excluding hydrogens is 322 g/mol. The molecule has 1 N–H and O–H groups in total. The summed E-state index contributed by atoms with van der Waals surface area (Å²) in [5.41, 5.74) is 3.26. The molecule has 0 saturated carbocycles. The Kier molecular flexibility index (Phi) is 5.28. The number of nitrogens with one attached hydrogen (secondary N) is 1. The molecule has 0 bridgehead atoms. The highest BCUT2D eigenvalue weighted by molar-refractivity contribution is 5.58. The summed E-state index contributed by atoms with van der Waals surface area (Å²) in [7, 11) is 0. The highest BCUT2D eigenvalue weighted by Gasteiger charge is 2.08. The first-order valence-electron chi connectivity index (χ1n) is 8.00. The first kappa shape index (κ1) is 17.0. The van der Waals surface area contributed by atoms with Crippen molar-refractivity contribution < 1.29 is 8.78 Å². The molecule has 25 heavy (non-hydrogen) atoms. The van der Waals surface area contributed by atoms with Gasteiger partial charge in [-0.15, -0.1) is 0 Å². The van der Waals surface area contributed by atoms with Gasteiger partial charge in [-0.2, -0.15) is 0 Å². The number of pyridine rings is 1. The monoisotopic (exact) mass is 340 g/mol. The smallest absolute Gasteiger partial charge is 0.144 e. The number of hydrogen-bond acceptors (Lipinski definition) is 4. The third-order valence-corrected chi connectivity index (χ3v) is 3.86. The predicted octanol–water partition coefficient (Wildman–Crippen LogP) is 4.36. The molecule has 0 saturated heterocycles. The number of rotatable bonds is 6. The molecule has 0 aliphatic rings. The van der Waals surface area contributed by atoms with E-state index in [1.54, 1.807) is 36.9 Å². The lowest BCUT2D eigenvalue weighted by atomic mass is 10.1. The molecule has 0 unspecified atom stereocenters. The molecule has 6 heteroatoms. The quantitative estimate of drug-likeness (QED) is 0.724. The van der Waals surface area contributed by atoms with Gasteiger partial charge in [-0.1, -0.05) is 12.1 Å². The Morgan fingerprint density at radius 1 is 1.04 bits per heavy atom. The highest BCUT2D eigenvalue weighted by atomic mass is 19.1. The lowest BCUT2D eigenvalue weighted by Crippen LogP contribution is -2.08. The van der Waals surface area contributed by atoms with Crippen LogP contribution in [0.15, 0.2) is 55.1 Å². The Hall–Kier alpha value is -2.89. The minimum absolute atomic E-state index is 0.0321. The second-order valence-corrected chi connectivity index (χ2v) is 5.73. The minimum atomic E-state index is -0.416. The Balaban J connectivity index is 1.71. The van der Waals surface area contributed by atoms with E-state index in [0.717, 1.165) is 16.7 Å². The maximum Gasteiger partial charge on any atom is 0.144 e. The molecule has 2 aromatic heterocycles. The SMILES string of the molecule is C[C@@H](Nc1cnc(-c2cncc(CCF)c2)cn1)c1ccc(F)cc1. The lowest BCUT2D eigenvalue weighted by Gasteiger charge is -2.14. The summed E-state index contributed by atoms with van der Waals surface area (Å²) in [6, 6.07) is 8.16. The van der Waals surface area contributed by atoms with Crippen molar-refractivity contribution in [3.63, 3.8) is 0 Å². The Morgan fingerprint density at radius 2 is 1.84 bits per heavy atom. The summed E-state index contributed by atoms with van der Waals surface area (Å²) in [4.78, 5) is 12.9. The number of halogens is 2. The second kappa shape index (κ2) is 7.79. The molecular formula is C19H18F2N4. The fraction of sp³-hybridized carbons (Fsp3) is 0.211. The third-order valence-electron chi connectivity index (χ3n) is 3.86. The van der Waals surface area contributed by atoms with Gasteiger partial charge in [0.15, 0.2) is 0 Å². The highest BCUT2D eigenvalue weighted by Crippen LogP contribution is 2.20. The van der Waals surface area contributed by atoms with Gasteiger partial charge in [-0.25, -0.2) is 9.37 Å². The minimum Gasteiger partial charge on any atom is -0.362 e. The standard InChI is InChI=1S/C19H18F2N4/c1-13(15-2-4-17(21)5-3-15)25-19-12-23-18(11-24-19)16-8-14(6-7-20)9-22-10-16/h2-5,8-13H,6-7H2,1H3,(H,24,25)/t13-/m1/s1. The van der Waals surface area contributed by atoms with Gasteiger partial charge in [-0.3, -0.25) is 14.4 Å². The van der Waals surface area contributed by atoms with Crippen molar-refractivity contribution in [3.05, 3.63) is 72.1 Å². The molecule has 3 rings (SSSR count). The summed E-state index contributed by atoms with van der Waals surface area (Å²) < 4.78 is 25.5. The number of anilines is 1. The van der Waals surface area contributed by atoms with Crippen LogP contribution in [0.1, 0.15) is 24.1 Å². The average molecular weight is 340 g/mol. The molecule has 0 radical (unpaired) electrons. The van der Waals surface area contributed by atoms with E-state index >= 15 is 0 Å². The van der Waals surface area contributed by atoms with Crippen molar-refractivity contribution in [2.45, 2.75) is 19.4 Å². The molecule has 0 aliphatic heterocycles. The van der Waals surface area contributed by atoms with Crippen LogP contribution in [-0.4, -0.2) is 21.6 Å². The Morgan fingerprint density at radius 3 is 2.52 bits per heavy atom. The van der Waals surface area contributed by atoms with Gasteiger partial charge in [0.05, 0.1) is 24.8 Å². The molecule has 0 spiro atoms. The Labute approximate surface area is 145 Å². The van der Waals surface area contributed by atoms with Crippen LogP contribution < -0.4 is 5.32 Å². The van der Waals surface area contributed by atoms with E-state index in [0.29, 0.717) is 17.9 Å². The molecule has 0 fully saturated rings. The molecule has 0 amide bonds. The summed E-state index contributed by atoms with van der Waals surface area (Å²) in [5, 5.41) is 3.23. The van der Waals surface area contributed by atoms with Crippen LogP contribution in [0.2, 0.25) is 0 Å². The van der Waals surface area contributed by atoms with Gasteiger partial charge in [0, 0.05) is 30.4 Å². The molecule has 0 aliphatic carbocycles. The van der Waals surface area contributed by atoms with Gasteiger partial charge in [0.2, 0.25) is 0 Å². The summed E-state index contributed by atoms with van der Waals surface area (Å²) in [6.07, 6.45) is 6.95. The molecule has 128 valence electrons. The van der Waals surface area contributed by atoms with E-state index in [4.69, 9.17) is 0 Å². The van der Waals surface area contributed by atoms with E-state index < -0.39 is 6.67 Å². The largest absolute Gasteiger partial charge is 0.362 e. The Bertz CT molecular complexity index is 820. The fourth-order valence-corrected chi connectivity index (χ4v) is 2.48. The van der Waals surface area contributed by atoms with Gasteiger partial charge < -0.3 is 5.32 Å². The third kappa shape index (κ3) is 4.35. The maximum absolute atomic E-state index is 13.0. The number of aromatic nitrogens is 3. The molecule has 1 aromatic carbocycles. The second-order valence-electron chi connectivity index (χ2n) is 5.73. The number of aryl methyl sites for hydroxylation is 1. The van der Waals surface area contributed by atoms with Crippen molar-refractivity contribution in [1.82, 2.24) is 15.0 Å². The van der Waals surface area contributed by atoms with Crippen LogP contribution in [0, 0.1) is 5.82 Å². The van der Waals surface area contributed by atoms with Crippen molar-refractivity contribution in [2.75, 3.05) is 12.0 Å². The van der Waals surface area contributed by atoms with Crippen LogP contribution in [0.5, 0.6) is 0 Å². The first-order valence-corrected chi connectivity index (χ1v) is 8.00. The summed E-state index contributed by atoms with van der Waals surface area (Å²) in [5.74, 6) is 0.358. The van der Waals surface area contributed by atoms with E-state index in [1.807, 2.05) is 13.0 Å². The average Bonchev–Trinajstić information content (AvgIpc) is 2.63. The maximum atomic E-state index is 13.0. The summed E-state index contributed by atoms with van der Waals surface area (Å²) >= 11 is 0. The van der Waals surface area contributed by atoms with Gasteiger partial charge >= 0.3 is 0 Å². The van der Waals surface area contributed by atoms with Gasteiger partial charge in [-0.05, 0) is 36.2 Å². The van der Waals surface area contributed by atoms with E-state index in [2.05, 4.69) is 20.3 Å². The molecule has 3 aromatic rings. The van der Waals surface area contributed by atoms with Gasteiger partial charge in [0.25, 0.3) is 0 Å². The normalized spacial score (nSPS) is 12.0. The van der Waals surface area contributed by atoms with E-state index in [-0.39, 0.29) is 11.9 Å². The van der Waals surface area contributed by atoms with Crippen LogP contribution >= 0.6 is 0 Å². The van der Waals surface area contributed by atoms with Crippen molar-refractivity contribution in [1.29, 1.82) is 0 Å². The zero-order chi connectivity index (χ0) is 17.6. The zero-order valence-corrected chi connectivity index (χ0v) is 13.8. The van der Waals surface area contributed by atoms with Crippen molar-refractivity contribution in [3.8, 4) is 11.3 Å². The topological polar surface area (TPSA) is 50.7 Å². The van der Waals surface area contributed by atoms with E-state index in [9.17, 15) is 8.78 Å². The zero-order valence-electron chi connectivity index (χ0n) is 13.8. The predicted molar refractivity (Wildman–Crippen MR) is 93.4 cm³/mol.